The number of allylic oxidation sites excluding steroid dienone is 1. The standard InChI is InChI=1S/C67H55N/c1-4-16-45-39-52-43-65(2,3)44-53(40-45)66(52)61-25-14-15-26-62(61)67(59-23-12-10-21-57(59)58-22-11-13-24-60(58)67)63-38-32-51(42-64(63)66)49-29-35-55(36-30-49)68(56-37-31-47-19-8-9-20-50(47)41-56)54-33-27-48(28-34-54)46-17-6-5-7-18-46/h5-38,41-42,45,52-53H,1,39-40,43-44H2,2-3H3/t45-,52+,53-,66?. The van der Waals surface area contributed by atoms with Crippen LogP contribution in [0.15, 0.2) is 231 Å². The molecule has 4 aliphatic carbocycles. The average Bonchev–Trinajstić information content (AvgIpc) is 3.67. The van der Waals surface area contributed by atoms with E-state index in [2.05, 4.69) is 249 Å². The molecule has 0 aromatic heterocycles. The highest BCUT2D eigenvalue weighted by Crippen LogP contribution is 2.70. The molecule has 0 amide bonds. The Morgan fingerprint density at radius 2 is 0.926 bits per heavy atom. The Morgan fingerprint density at radius 1 is 0.441 bits per heavy atom. The van der Waals surface area contributed by atoms with Gasteiger partial charge in [-0.2, -0.15) is 0 Å². The molecule has 1 heteroatoms. The molecule has 2 spiro atoms. The van der Waals surface area contributed by atoms with E-state index in [1.165, 1.54) is 84.8 Å². The highest BCUT2D eigenvalue weighted by Gasteiger charge is 2.63. The Labute approximate surface area is 401 Å². The maximum atomic E-state index is 4.08. The van der Waals surface area contributed by atoms with E-state index in [9.17, 15) is 0 Å². The fourth-order valence-corrected chi connectivity index (χ4v) is 14.3. The highest BCUT2D eigenvalue weighted by molar-refractivity contribution is 5.91. The van der Waals surface area contributed by atoms with Gasteiger partial charge in [-0.25, -0.2) is 0 Å². The van der Waals surface area contributed by atoms with Crippen molar-refractivity contribution in [1.29, 1.82) is 0 Å². The first kappa shape index (κ1) is 40.8. The van der Waals surface area contributed by atoms with Crippen LogP contribution in [0.1, 0.15) is 72.9 Å². The van der Waals surface area contributed by atoms with Crippen LogP contribution < -0.4 is 4.90 Å². The van der Waals surface area contributed by atoms with Gasteiger partial charge in [0.25, 0.3) is 0 Å². The Kier molecular flexibility index (Phi) is 9.34. The minimum absolute atomic E-state index is 0.139. The molecule has 2 saturated carbocycles. The van der Waals surface area contributed by atoms with Crippen molar-refractivity contribution in [2.75, 3.05) is 4.90 Å². The molecule has 0 N–H and O–H groups in total. The monoisotopic (exact) mass is 873 g/mol. The van der Waals surface area contributed by atoms with Gasteiger partial charge in [0.15, 0.2) is 0 Å². The Morgan fingerprint density at radius 3 is 1.56 bits per heavy atom. The van der Waals surface area contributed by atoms with Gasteiger partial charge < -0.3 is 4.90 Å². The largest absolute Gasteiger partial charge is 0.310 e. The summed E-state index contributed by atoms with van der Waals surface area (Å²) >= 11 is 0. The summed E-state index contributed by atoms with van der Waals surface area (Å²) in [5.74, 6) is 1.41. The smallest absolute Gasteiger partial charge is 0.0719 e. The van der Waals surface area contributed by atoms with E-state index in [0.717, 1.165) is 29.9 Å². The lowest BCUT2D eigenvalue weighted by atomic mass is 9.40. The molecule has 4 aliphatic rings. The molecule has 0 saturated heterocycles. The van der Waals surface area contributed by atoms with Crippen molar-refractivity contribution >= 4 is 27.8 Å². The molecule has 1 nitrogen and oxygen atoms in total. The first-order chi connectivity index (χ1) is 33.4. The zero-order valence-corrected chi connectivity index (χ0v) is 39.0. The van der Waals surface area contributed by atoms with Crippen LogP contribution >= 0.6 is 0 Å². The van der Waals surface area contributed by atoms with Gasteiger partial charge in [-0.05, 0) is 175 Å². The van der Waals surface area contributed by atoms with E-state index in [1.807, 2.05) is 0 Å². The van der Waals surface area contributed by atoms with Gasteiger partial charge in [0.2, 0.25) is 0 Å². The van der Waals surface area contributed by atoms with Crippen molar-refractivity contribution in [3.63, 3.8) is 0 Å². The molecule has 13 rings (SSSR count). The van der Waals surface area contributed by atoms with Crippen LogP contribution in [-0.2, 0) is 10.8 Å². The third-order valence-corrected chi connectivity index (χ3v) is 16.7. The lowest BCUT2D eigenvalue weighted by Gasteiger charge is -2.63. The Bertz CT molecular complexity index is 3390. The molecule has 9 aromatic carbocycles. The minimum Gasteiger partial charge on any atom is -0.310 e. The van der Waals surface area contributed by atoms with E-state index in [1.54, 1.807) is 5.56 Å². The first-order valence-electron chi connectivity index (χ1n) is 24.7. The van der Waals surface area contributed by atoms with Crippen LogP contribution in [0.3, 0.4) is 0 Å². The second-order valence-electron chi connectivity index (χ2n) is 20.9. The van der Waals surface area contributed by atoms with Crippen LogP contribution in [-0.4, -0.2) is 0 Å². The van der Waals surface area contributed by atoms with Crippen molar-refractivity contribution in [2.24, 2.45) is 23.2 Å². The van der Waals surface area contributed by atoms with Crippen molar-refractivity contribution in [3.8, 4) is 33.4 Å². The van der Waals surface area contributed by atoms with E-state index in [4.69, 9.17) is 0 Å². The van der Waals surface area contributed by atoms with Gasteiger partial charge in [0, 0.05) is 22.5 Å². The molecule has 68 heavy (non-hydrogen) atoms. The molecule has 9 aromatic rings. The number of fused-ring (bicyclic) bond motifs is 10. The van der Waals surface area contributed by atoms with Crippen LogP contribution in [0.2, 0.25) is 0 Å². The molecular weight excluding hydrogens is 819 g/mol. The maximum Gasteiger partial charge on any atom is 0.0719 e. The summed E-state index contributed by atoms with van der Waals surface area (Å²) in [4.78, 5) is 2.40. The van der Waals surface area contributed by atoms with Gasteiger partial charge in [-0.15, -0.1) is 5.73 Å². The third-order valence-electron chi connectivity index (χ3n) is 16.7. The maximum absolute atomic E-state index is 4.08. The van der Waals surface area contributed by atoms with Crippen LogP contribution in [0, 0.1) is 23.2 Å². The highest BCUT2D eigenvalue weighted by atomic mass is 15.1. The quantitative estimate of drug-likeness (QED) is 0.151. The molecule has 0 heterocycles. The molecular formula is C67H55N. The molecule has 328 valence electrons. The molecule has 0 radical (unpaired) electrons. The summed E-state index contributed by atoms with van der Waals surface area (Å²) in [6, 6.07) is 80.4. The zero-order valence-electron chi connectivity index (χ0n) is 39.0. The van der Waals surface area contributed by atoms with E-state index in [-0.39, 0.29) is 10.8 Å². The number of hydrogen-bond acceptors (Lipinski definition) is 1. The first-order valence-corrected chi connectivity index (χ1v) is 24.7. The number of rotatable bonds is 6. The van der Waals surface area contributed by atoms with Crippen LogP contribution in [0.25, 0.3) is 44.2 Å². The number of nitrogens with zero attached hydrogens (tertiary/aromatic N) is 1. The summed E-state index contributed by atoms with van der Waals surface area (Å²) in [6.45, 7) is 9.14. The zero-order chi connectivity index (χ0) is 45.6. The van der Waals surface area contributed by atoms with E-state index >= 15 is 0 Å². The Hall–Kier alpha value is -7.44. The Balaban J connectivity index is 0.998. The normalized spacial score (nSPS) is 21.0. The summed E-state index contributed by atoms with van der Waals surface area (Å²) in [5, 5.41) is 2.47. The SMILES string of the molecule is C=C=C[C@H]1C[C@@H]2CC(C)(C)C[C@H](C1)C21c2ccccc2C2(c3ccccc3-c3ccccc32)c2ccc(-c3ccc(N(c4ccc(-c5ccccc5)cc4)c4ccc5ccccc5c4)cc3)cc21. The van der Waals surface area contributed by atoms with E-state index < -0.39 is 5.41 Å². The number of benzene rings is 9. The molecule has 2 fully saturated rings. The topological polar surface area (TPSA) is 3.24 Å². The lowest BCUT2D eigenvalue weighted by molar-refractivity contribution is -0.00829. The minimum atomic E-state index is -0.426. The summed E-state index contributed by atoms with van der Waals surface area (Å²) in [7, 11) is 0. The lowest BCUT2D eigenvalue weighted by Crippen LogP contribution is -2.58. The second kappa shape index (κ2) is 15.6. The fourth-order valence-electron chi connectivity index (χ4n) is 14.3. The predicted octanol–water partition coefficient (Wildman–Crippen LogP) is 17.4. The second-order valence-corrected chi connectivity index (χ2v) is 20.9. The molecule has 4 atom stereocenters. The van der Waals surface area contributed by atoms with Crippen LogP contribution in [0.5, 0.6) is 0 Å². The van der Waals surface area contributed by atoms with Crippen molar-refractivity contribution in [2.45, 2.75) is 50.4 Å². The van der Waals surface area contributed by atoms with Crippen molar-refractivity contribution in [1.82, 2.24) is 0 Å². The van der Waals surface area contributed by atoms with Crippen molar-refractivity contribution < 1.29 is 0 Å². The van der Waals surface area contributed by atoms with E-state index in [0.29, 0.717) is 17.8 Å². The van der Waals surface area contributed by atoms with Crippen LogP contribution in [0.4, 0.5) is 17.1 Å². The fraction of sp³-hybridized carbons (Fsp3) is 0.179. The molecule has 2 bridgehead atoms. The van der Waals surface area contributed by atoms with Gasteiger partial charge in [-0.3, -0.25) is 0 Å². The summed E-state index contributed by atoms with van der Waals surface area (Å²) < 4.78 is 0. The van der Waals surface area contributed by atoms with Gasteiger partial charge in [-0.1, -0.05) is 190 Å². The van der Waals surface area contributed by atoms with Gasteiger partial charge in [0.1, 0.15) is 0 Å². The van der Waals surface area contributed by atoms with Crippen molar-refractivity contribution in [3.05, 3.63) is 264 Å². The number of hydrogen-bond donors (Lipinski definition) is 0. The molecule has 0 aliphatic heterocycles. The third kappa shape index (κ3) is 6.02. The van der Waals surface area contributed by atoms with Gasteiger partial charge in [0.05, 0.1) is 5.41 Å². The summed E-state index contributed by atoms with van der Waals surface area (Å²) in [6.07, 6.45) is 6.96. The number of anilines is 3. The predicted molar refractivity (Wildman–Crippen MR) is 284 cm³/mol. The molecule has 1 unspecified atom stereocenters. The average molecular weight is 874 g/mol. The summed E-state index contributed by atoms with van der Waals surface area (Å²) in [5.41, 5.74) is 22.8. The van der Waals surface area contributed by atoms with Gasteiger partial charge >= 0.3 is 0 Å².